The number of nitrogens with zero attached hydrogens (tertiary/aromatic N) is 4. The average molecular weight is 220 g/mol. The molecular formula is C11H16N4O. The molecule has 0 aliphatic heterocycles. The number of hydrogen-bond acceptors (Lipinski definition) is 3. The van der Waals surface area contributed by atoms with E-state index in [1.807, 2.05) is 26.0 Å². The number of aliphatic hydroxyl groups excluding tert-OH is 1. The maximum atomic E-state index is 8.93. The molecule has 0 amide bonds. The molecule has 0 atom stereocenters. The van der Waals surface area contributed by atoms with E-state index in [2.05, 4.69) is 14.9 Å². The number of anilines is 1. The summed E-state index contributed by atoms with van der Waals surface area (Å²) in [4.78, 5) is 4.83. The van der Waals surface area contributed by atoms with Gasteiger partial charge in [0, 0.05) is 29.4 Å². The third-order valence-electron chi connectivity index (χ3n) is 2.45. The molecule has 0 aromatic heterocycles. The second-order valence-electron chi connectivity index (χ2n) is 3.46. The highest BCUT2D eigenvalue weighted by Gasteiger charge is 2.04. The maximum Gasteiger partial charge on any atom is 0.0606 e. The molecule has 0 bridgehead atoms. The van der Waals surface area contributed by atoms with E-state index in [9.17, 15) is 0 Å². The standard InChI is InChI=1S/C11H16N4O/c1-3-15(6-7-16)10-4-5-11(13-14-12)9(2)8-10/h4-5,8,16H,3,6-7H2,1-2H3. The largest absolute Gasteiger partial charge is 0.395 e. The highest BCUT2D eigenvalue weighted by molar-refractivity contribution is 5.57. The Bertz CT molecular complexity index is 399. The molecule has 5 heteroatoms. The summed E-state index contributed by atoms with van der Waals surface area (Å²) in [6.45, 7) is 5.51. The summed E-state index contributed by atoms with van der Waals surface area (Å²) in [6.07, 6.45) is 0. The third kappa shape index (κ3) is 2.89. The van der Waals surface area contributed by atoms with Gasteiger partial charge in [-0.2, -0.15) is 0 Å². The molecule has 0 saturated carbocycles. The van der Waals surface area contributed by atoms with Crippen molar-refractivity contribution in [3.8, 4) is 0 Å². The Labute approximate surface area is 94.9 Å². The zero-order valence-electron chi connectivity index (χ0n) is 9.59. The molecule has 86 valence electrons. The minimum Gasteiger partial charge on any atom is -0.395 e. The zero-order valence-corrected chi connectivity index (χ0v) is 9.59. The van der Waals surface area contributed by atoms with Crippen LogP contribution in [0.3, 0.4) is 0 Å². The lowest BCUT2D eigenvalue weighted by Gasteiger charge is -2.22. The average Bonchev–Trinajstić information content (AvgIpc) is 2.29. The minimum atomic E-state index is 0.130. The maximum absolute atomic E-state index is 8.93. The smallest absolute Gasteiger partial charge is 0.0606 e. The Hall–Kier alpha value is -1.71. The van der Waals surface area contributed by atoms with Crippen molar-refractivity contribution in [1.29, 1.82) is 0 Å². The van der Waals surface area contributed by atoms with E-state index in [4.69, 9.17) is 10.6 Å². The van der Waals surface area contributed by atoms with Gasteiger partial charge in [0.05, 0.1) is 6.61 Å². The van der Waals surface area contributed by atoms with Gasteiger partial charge >= 0.3 is 0 Å². The van der Waals surface area contributed by atoms with Gasteiger partial charge in [-0.15, -0.1) is 0 Å². The van der Waals surface area contributed by atoms with Gasteiger partial charge < -0.3 is 10.0 Å². The van der Waals surface area contributed by atoms with Crippen LogP contribution in [-0.4, -0.2) is 24.8 Å². The predicted molar refractivity (Wildman–Crippen MR) is 65.0 cm³/mol. The fourth-order valence-electron chi connectivity index (χ4n) is 1.59. The normalized spacial score (nSPS) is 9.69. The number of aryl methyl sites for hydroxylation is 1. The quantitative estimate of drug-likeness (QED) is 0.470. The van der Waals surface area contributed by atoms with E-state index >= 15 is 0 Å². The molecule has 1 N–H and O–H groups in total. The van der Waals surface area contributed by atoms with Gasteiger partial charge in [-0.1, -0.05) is 11.2 Å². The molecule has 1 rings (SSSR count). The SMILES string of the molecule is CCN(CCO)c1ccc(N=[N+]=[N-])c(C)c1. The molecule has 5 nitrogen and oxygen atoms in total. The molecule has 0 saturated heterocycles. The molecule has 1 aromatic rings. The summed E-state index contributed by atoms with van der Waals surface area (Å²) in [5.74, 6) is 0. The van der Waals surface area contributed by atoms with Crippen molar-refractivity contribution < 1.29 is 5.11 Å². The lowest BCUT2D eigenvalue weighted by Crippen LogP contribution is -2.26. The summed E-state index contributed by atoms with van der Waals surface area (Å²) in [6, 6.07) is 5.66. The van der Waals surface area contributed by atoms with Crippen LogP contribution in [0.1, 0.15) is 12.5 Å². The molecule has 0 aliphatic rings. The van der Waals surface area contributed by atoms with Crippen molar-refractivity contribution in [2.75, 3.05) is 24.6 Å². The summed E-state index contributed by atoms with van der Waals surface area (Å²) < 4.78 is 0. The van der Waals surface area contributed by atoms with Crippen molar-refractivity contribution in [1.82, 2.24) is 0 Å². The first kappa shape index (κ1) is 12.4. The van der Waals surface area contributed by atoms with E-state index in [1.54, 1.807) is 6.07 Å². The molecule has 0 aliphatic carbocycles. The fourth-order valence-corrected chi connectivity index (χ4v) is 1.59. The Morgan fingerprint density at radius 2 is 2.25 bits per heavy atom. The van der Waals surface area contributed by atoms with Crippen molar-refractivity contribution in [3.05, 3.63) is 34.2 Å². The lowest BCUT2D eigenvalue weighted by atomic mass is 10.1. The first-order valence-electron chi connectivity index (χ1n) is 5.24. The molecule has 1 aromatic carbocycles. The highest BCUT2D eigenvalue weighted by Crippen LogP contribution is 2.24. The Morgan fingerprint density at radius 3 is 2.75 bits per heavy atom. The Morgan fingerprint density at radius 1 is 1.50 bits per heavy atom. The van der Waals surface area contributed by atoms with Crippen molar-refractivity contribution in [2.24, 2.45) is 5.11 Å². The Kier molecular flexibility index (Phi) is 4.64. The van der Waals surface area contributed by atoms with Gasteiger partial charge in [-0.3, -0.25) is 0 Å². The number of likely N-dealkylation sites (N-methyl/N-ethyl adjacent to an activating group) is 1. The molecule has 0 unspecified atom stereocenters. The molecule has 0 fully saturated rings. The number of aliphatic hydroxyl groups is 1. The molecular weight excluding hydrogens is 204 g/mol. The fraction of sp³-hybridized carbons (Fsp3) is 0.455. The number of benzene rings is 1. The van der Waals surface area contributed by atoms with Crippen LogP contribution in [-0.2, 0) is 0 Å². The van der Waals surface area contributed by atoms with Crippen molar-refractivity contribution in [2.45, 2.75) is 13.8 Å². The second-order valence-corrected chi connectivity index (χ2v) is 3.46. The summed E-state index contributed by atoms with van der Waals surface area (Å²) in [7, 11) is 0. The number of azide groups is 1. The van der Waals surface area contributed by atoms with E-state index < -0.39 is 0 Å². The van der Waals surface area contributed by atoms with Gasteiger partial charge in [-0.25, -0.2) is 0 Å². The van der Waals surface area contributed by atoms with E-state index in [1.165, 1.54) is 0 Å². The number of rotatable bonds is 5. The highest BCUT2D eigenvalue weighted by atomic mass is 16.3. The van der Waals surface area contributed by atoms with Crippen LogP contribution in [0.5, 0.6) is 0 Å². The second kappa shape index (κ2) is 6.00. The van der Waals surface area contributed by atoms with E-state index in [0.29, 0.717) is 12.2 Å². The topological polar surface area (TPSA) is 72.2 Å². The molecule has 0 heterocycles. The Balaban J connectivity index is 2.98. The van der Waals surface area contributed by atoms with E-state index in [-0.39, 0.29) is 6.61 Å². The van der Waals surface area contributed by atoms with Crippen LogP contribution in [0.25, 0.3) is 10.4 Å². The zero-order chi connectivity index (χ0) is 12.0. The minimum absolute atomic E-state index is 0.130. The summed E-state index contributed by atoms with van der Waals surface area (Å²) >= 11 is 0. The van der Waals surface area contributed by atoms with Crippen LogP contribution >= 0.6 is 0 Å². The van der Waals surface area contributed by atoms with E-state index in [0.717, 1.165) is 17.8 Å². The molecule has 16 heavy (non-hydrogen) atoms. The van der Waals surface area contributed by atoms with Gasteiger partial charge in [0.2, 0.25) is 0 Å². The van der Waals surface area contributed by atoms with Crippen LogP contribution < -0.4 is 4.90 Å². The first-order chi connectivity index (χ1) is 7.72. The predicted octanol–water partition coefficient (Wildman–Crippen LogP) is 2.76. The van der Waals surface area contributed by atoms with Crippen LogP contribution in [0.15, 0.2) is 23.3 Å². The molecule has 0 radical (unpaired) electrons. The number of hydrogen-bond donors (Lipinski definition) is 1. The van der Waals surface area contributed by atoms with Gasteiger partial charge in [-0.05, 0) is 37.1 Å². The summed E-state index contributed by atoms with van der Waals surface area (Å²) in [5.41, 5.74) is 11.0. The van der Waals surface area contributed by atoms with Gasteiger partial charge in [0.15, 0.2) is 0 Å². The third-order valence-corrected chi connectivity index (χ3v) is 2.45. The van der Waals surface area contributed by atoms with Crippen molar-refractivity contribution in [3.63, 3.8) is 0 Å². The van der Waals surface area contributed by atoms with Gasteiger partial charge in [0.25, 0.3) is 0 Å². The molecule has 0 spiro atoms. The summed E-state index contributed by atoms with van der Waals surface area (Å²) in [5, 5.41) is 12.5. The van der Waals surface area contributed by atoms with Crippen molar-refractivity contribution >= 4 is 11.4 Å². The van der Waals surface area contributed by atoms with Crippen LogP contribution in [0.4, 0.5) is 11.4 Å². The van der Waals surface area contributed by atoms with Gasteiger partial charge in [0.1, 0.15) is 0 Å². The van der Waals surface area contributed by atoms with Crippen LogP contribution in [0, 0.1) is 6.92 Å². The lowest BCUT2D eigenvalue weighted by molar-refractivity contribution is 0.302. The monoisotopic (exact) mass is 220 g/mol. The first-order valence-corrected chi connectivity index (χ1v) is 5.24. The van der Waals surface area contributed by atoms with Crippen LogP contribution in [0.2, 0.25) is 0 Å².